The fourth-order valence-corrected chi connectivity index (χ4v) is 3.05. The van der Waals surface area contributed by atoms with Crippen molar-refractivity contribution in [1.82, 2.24) is 0 Å². The van der Waals surface area contributed by atoms with Crippen LogP contribution in [-0.2, 0) is 0 Å². The molecule has 14 heavy (non-hydrogen) atoms. The average Bonchev–Trinajstić information content (AvgIpc) is 2.72. The number of hydrogen-bond acceptors (Lipinski definition) is 1. The van der Waals surface area contributed by atoms with Crippen molar-refractivity contribution in [2.45, 2.75) is 63.9 Å². The molecule has 0 aromatic carbocycles. The van der Waals surface area contributed by atoms with E-state index in [9.17, 15) is 5.11 Å². The summed E-state index contributed by atoms with van der Waals surface area (Å²) in [5, 5.41) is 10.6. The van der Waals surface area contributed by atoms with Gasteiger partial charge in [0.15, 0.2) is 0 Å². The van der Waals surface area contributed by atoms with Gasteiger partial charge < -0.3 is 5.11 Å². The quantitative estimate of drug-likeness (QED) is 0.668. The van der Waals surface area contributed by atoms with E-state index in [1.165, 1.54) is 50.5 Å². The minimum Gasteiger partial charge on any atom is -0.386 e. The maximum atomic E-state index is 10.6. The van der Waals surface area contributed by atoms with Crippen LogP contribution in [0.4, 0.5) is 0 Å². The molecule has 1 atom stereocenters. The fourth-order valence-electron chi connectivity index (χ4n) is 3.05. The lowest BCUT2D eigenvalue weighted by atomic mass is 9.77. The highest BCUT2D eigenvalue weighted by atomic mass is 16.3. The van der Waals surface area contributed by atoms with Crippen LogP contribution in [0.1, 0.15) is 58.3 Å². The van der Waals surface area contributed by atoms with Gasteiger partial charge in [0.05, 0.1) is 5.60 Å². The largest absolute Gasteiger partial charge is 0.386 e. The van der Waals surface area contributed by atoms with E-state index in [-0.39, 0.29) is 0 Å². The van der Waals surface area contributed by atoms with Crippen LogP contribution in [-0.4, -0.2) is 10.7 Å². The molecule has 80 valence electrons. The standard InChI is InChI=1S/C13H22O/c1-13(14,12-9-5-6-10-12)11-7-3-2-4-8-11/h7,12,14H,2-6,8-10H2,1H3. The van der Waals surface area contributed by atoms with E-state index in [0.29, 0.717) is 5.92 Å². The number of hydrogen-bond donors (Lipinski definition) is 1. The summed E-state index contributed by atoms with van der Waals surface area (Å²) in [6, 6.07) is 0. The summed E-state index contributed by atoms with van der Waals surface area (Å²) in [6.45, 7) is 2.04. The van der Waals surface area contributed by atoms with Crippen LogP contribution < -0.4 is 0 Å². The Morgan fingerprint density at radius 1 is 1.21 bits per heavy atom. The lowest BCUT2D eigenvalue weighted by molar-refractivity contribution is 0.0326. The van der Waals surface area contributed by atoms with Crippen molar-refractivity contribution in [3.05, 3.63) is 11.6 Å². The first-order valence-corrected chi connectivity index (χ1v) is 6.13. The Kier molecular flexibility index (Phi) is 2.96. The molecule has 1 saturated carbocycles. The maximum absolute atomic E-state index is 10.6. The van der Waals surface area contributed by atoms with Crippen LogP contribution in [0.2, 0.25) is 0 Å². The number of allylic oxidation sites excluding steroid dienone is 1. The number of rotatable bonds is 2. The van der Waals surface area contributed by atoms with Crippen LogP contribution in [0.3, 0.4) is 0 Å². The summed E-state index contributed by atoms with van der Waals surface area (Å²) in [4.78, 5) is 0. The molecule has 2 aliphatic carbocycles. The molecule has 0 aromatic rings. The van der Waals surface area contributed by atoms with Crippen LogP contribution in [0, 0.1) is 5.92 Å². The van der Waals surface area contributed by atoms with Gasteiger partial charge >= 0.3 is 0 Å². The summed E-state index contributed by atoms with van der Waals surface area (Å²) in [5.41, 5.74) is 0.840. The third kappa shape index (κ3) is 1.88. The summed E-state index contributed by atoms with van der Waals surface area (Å²) in [7, 11) is 0. The van der Waals surface area contributed by atoms with Gasteiger partial charge in [0.2, 0.25) is 0 Å². The monoisotopic (exact) mass is 194 g/mol. The minimum absolute atomic E-state index is 0.489. The molecule has 0 radical (unpaired) electrons. The molecule has 2 rings (SSSR count). The zero-order valence-corrected chi connectivity index (χ0v) is 9.26. The Balaban J connectivity index is 2.08. The summed E-state index contributed by atoms with van der Waals surface area (Å²) in [6.07, 6.45) is 12.3. The van der Waals surface area contributed by atoms with Gasteiger partial charge in [0, 0.05) is 0 Å². The van der Waals surface area contributed by atoms with Crippen molar-refractivity contribution in [3.63, 3.8) is 0 Å². The second-order valence-corrected chi connectivity index (χ2v) is 5.10. The van der Waals surface area contributed by atoms with E-state index in [0.717, 1.165) is 6.42 Å². The lowest BCUT2D eigenvalue weighted by Crippen LogP contribution is -2.35. The Morgan fingerprint density at radius 2 is 1.93 bits per heavy atom. The van der Waals surface area contributed by atoms with Crippen molar-refractivity contribution in [1.29, 1.82) is 0 Å². The van der Waals surface area contributed by atoms with Crippen LogP contribution in [0.25, 0.3) is 0 Å². The van der Waals surface area contributed by atoms with E-state index >= 15 is 0 Å². The zero-order valence-electron chi connectivity index (χ0n) is 9.26. The molecule has 0 heterocycles. The Bertz CT molecular complexity index is 221. The van der Waals surface area contributed by atoms with Gasteiger partial charge in [-0.25, -0.2) is 0 Å². The molecule has 1 heteroatoms. The molecule has 1 N–H and O–H groups in total. The molecule has 0 aromatic heterocycles. The predicted molar refractivity (Wildman–Crippen MR) is 59.1 cm³/mol. The average molecular weight is 194 g/mol. The molecule has 1 fully saturated rings. The van der Waals surface area contributed by atoms with Gasteiger partial charge in [0.1, 0.15) is 0 Å². The molecule has 0 spiro atoms. The highest BCUT2D eigenvalue weighted by molar-refractivity contribution is 5.19. The SMILES string of the molecule is CC(O)(C1=CCCCC1)C1CCCC1. The maximum Gasteiger partial charge on any atom is 0.0856 e. The van der Waals surface area contributed by atoms with Crippen LogP contribution in [0.15, 0.2) is 11.6 Å². The van der Waals surface area contributed by atoms with Gasteiger partial charge in [-0.1, -0.05) is 18.9 Å². The Hall–Kier alpha value is -0.300. The summed E-state index contributed by atoms with van der Waals surface area (Å²) in [5.74, 6) is 0.534. The molecule has 0 bridgehead atoms. The molecule has 2 aliphatic rings. The van der Waals surface area contributed by atoms with Crippen molar-refractivity contribution < 1.29 is 5.11 Å². The first-order chi connectivity index (χ1) is 6.71. The second kappa shape index (κ2) is 4.06. The smallest absolute Gasteiger partial charge is 0.0856 e. The fraction of sp³-hybridized carbons (Fsp3) is 0.846. The van der Waals surface area contributed by atoms with Crippen molar-refractivity contribution in [2.24, 2.45) is 5.92 Å². The third-order valence-corrected chi connectivity index (χ3v) is 4.09. The van der Waals surface area contributed by atoms with E-state index in [1.807, 2.05) is 6.92 Å². The van der Waals surface area contributed by atoms with Crippen LogP contribution >= 0.6 is 0 Å². The third-order valence-electron chi connectivity index (χ3n) is 4.09. The van der Waals surface area contributed by atoms with Crippen LogP contribution in [0.5, 0.6) is 0 Å². The molecule has 0 saturated heterocycles. The Morgan fingerprint density at radius 3 is 2.50 bits per heavy atom. The molecule has 1 unspecified atom stereocenters. The Labute approximate surface area is 87.2 Å². The van der Waals surface area contributed by atoms with Gasteiger partial charge in [0.25, 0.3) is 0 Å². The molecule has 1 nitrogen and oxygen atoms in total. The highest BCUT2D eigenvalue weighted by Gasteiger charge is 2.36. The van der Waals surface area contributed by atoms with Crippen molar-refractivity contribution in [3.8, 4) is 0 Å². The van der Waals surface area contributed by atoms with Gasteiger partial charge in [-0.15, -0.1) is 0 Å². The van der Waals surface area contributed by atoms with E-state index in [2.05, 4.69) is 6.08 Å². The first-order valence-electron chi connectivity index (χ1n) is 6.13. The predicted octanol–water partition coefficient (Wildman–Crippen LogP) is 3.43. The molecule has 0 amide bonds. The van der Waals surface area contributed by atoms with E-state index in [4.69, 9.17) is 0 Å². The molecular formula is C13H22O. The van der Waals surface area contributed by atoms with Gasteiger partial charge in [-0.3, -0.25) is 0 Å². The zero-order chi connectivity index (χ0) is 10.0. The van der Waals surface area contributed by atoms with Crippen molar-refractivity contribution >= 4 is 0 Å². The van der Waals surface area contributed by atoms with Gasteiger partial charge in [-0.2, -0.15) is 0 Å². The molecular weight excluding hydrogens is 172 g/mol. The minimum atomic E-state index is -0.489. The summed E-state index contributed by atoms with van der Waals surface area (Å²) < 4.78 is 0. The highest BCUT2D eigenvalue weighted by Crippen LogP contribution is 2.40. The topological polar surface area (TPSA) is 20.2 Å². The van der Waals surface area contributed by atoms with Crippen molar-refractivity contribution in [2.75, 3.05) is 0 Å². The normalized spacial score (nSPS) is 28.6. The summed E-state index contributed by atoms with van der Waals surface area (Å²) >= 11 is 0. The second-order valence-electron chi connectivity index (χ2n) is 5.10. The van der Waals surface area contributed by atoms with E-state index in [1.54, 1.807) is 0 Å². The number of aliphatic hydroxyl groups is 1. The van der Waals surface area contributed by atoms with E-state index < -0.39 is 5.60 Å². The lowest BCUT2D eigenvalue weighted by Gasteiger charge is -2.34. The van der Waals surface area contributed by atoms with Gasteiger partial charge in [-0.05, 0) is 56.9 Å². The molecule has 0 aliphatic heterocycles. The first kappa shape index (κ1) is 10.2.